The fourth-order valence-corrected chi connectivity index (χ4v) is 3.72. The van der Waals surface area contributed by atoms with E-state index in [0.717, 1.165) is 9.80 Å². The van der Waals surface area contributed by atoms with Crippen LogP contribution in [0.25, 0.3) is 10.8 Å². The summed E-state index contributed by atoms with van der Waals surface area (Å²) in [5.41, 5.74) is 6.27. The van der Waals surface area contributed by atoms with Crippen molar-refractivity contribution in [3.8, 4) is 0 Å². The molecule has 0 saturated heterocycles. The van der Waals surface area contributed by atoms with Crippen LogP contribution in [-0.4, -0.2) is 64.1 Å². The third kappa shape index (κ3) is 2.33. The summed E-state index contributed by atoms with van der Waals surface area (Å²) in [4.78, 5) is 63.9. The Morgan fingerprint density at radius 2 is 1.11 bits per heavy atom. The number of imide groups is 2. The maximum atomic E-state index is 12.8. The molecule has 3 N–H and O–H groups in total. The van der Waals surface area contributed by atoms with Gasteiger partial charge in [-0.25, -0.2) is 0 Å². The standard InChI is InChI=1S/C19H15N3O6/c20-6-8-22-18(27)11-3-1-9-14-10(2-4-12(15(11)14)19(22)28)17(26)21(16(9)25)7-5-13(23)24/h1-4H,5-8,20H2,(H,23,24). The number of nitrogens with zero attached hydrogens (tertiary/aromatic N) is 2. The van der Waals surface area contributed by atoms with Crippen LogP contribution in [-0.2, 0) is 4.79 Å². The molecule has 2 aromatic rings. The Hall–Kier alpha value is -3.59. The highest BCUT2D eigenvalue weighted by atomic mass is 16.4. The first-order valence-corrected chi connectivity index (χ1v) is 8.60. The number of benzene rings is 2. The number of amides is 4. The molecule has 0 atom stereocenters. The molecule has 0 bridgehead atoms. The molecule has 142 valence electrons. The molecular weight excluding hydrogens is 366 g/mol. The molecule has 4 amide bonds. The lowest BCUT2D eigenvalue weighted by Gasteiger charge is -2.31. The van der Waals surface area contributed by atoms with Crippen LogP contribution in [0, 0.1) is 0 Å². The van der Waals surface area contributed by atoms with Crippen molar-refractivity contribution < 1.29 is 29.1 Å². The summed E-state index contributed by atoms with van der Waals surface area (Å²) in [6.07, 6.45) is -0.378. The number of carboxylic acids is 1. The molecule has 0 aliphatic carbocycles. The summed E-state index contributed by atoms with van der Waals surface area (Å²) in [5.74, 6) is -3.48. The molecule has 2 aliphatic heterocycles. The van der Waals surface area contributed by atoms with E-state index in [-0.39, 0.29) is 59.1 Å². The second kappa shape index (κ2) is 6.24. The van der Waals surface area contributed by atoms with E-state index >= 15 is 0 Å². The molecule has 0 saturated carbocycles. The Kier molecular flexibility index (Phi) is 3.97. The molecule has 0 aromatic heterocycles. The molecule has 0 fully saturated rings. The van der Waals surface area contributed by atoms with Crippen molar-refractivity contribution in [2.75, 3.05) is 19.6 Å². The van der Waals surface area contributed by atoms with Gasteiger partial charge in [0.05, 0.1) is 6.42 Å². The lowest BCUT2D eigenvalue weighted by molar-refractivity contribution is -0.137. The maximum Gasteiger partial charge on any atom is 0.305 e. The molecule has 28 heavy (non-hydrogen) atoms. The molecule has 9 heteroatoms. The molecule has 4 rings (SSSR count). The van der Waals surface area contributed by atoms with Gasteiger partial charge in [0.25, 0.3) is 23.6 Å². The highest BCUT2D eigenvalue weighted by Gasteiger charge is 2.39. The van der Waals surface area contributed by atoms with E-state index in [0.29, 0.717) is 0 Å². The lowest BCUT2D eigenvalue weighted by atomic mass is 9.86. The Morgan fingerprint density at radius 3 is 1.43 bits per heavy atom. The predicted molar refractivity (Wildman–Crippen MR) is 96.0 cm³/mol. The van der Waals surface area contributed by atoms with Gasteiger partial charge in [-0.1, -0.05) is 0 Å². The average molecular weight is 381 g/mol. The Balaban J connectivity index is 1.93. The quantitative estimate of drug-likeness (QED) is 0.718. The molecular formula is C19H15N3O6. The fourth-order valence-electron chi connectivity index (χ4n) is 3.72. The minimum Gasteiger partial charge on any atom is -0.481 e. The van der Waals surface area contributed by atoms with Gasteiger partial charge < -0.3 is 10.8 Å². The monoisotopic (exact) mass is 381 g/mol. The highest BCUT2D eigenvalue weighted by Crippen LogP contribution is 2.37. The number of carboxylic acid groups (broad SMARTS) is 1. The predicted octanol–water partition coefficient (Wildman–Crippen LogP) is 0.465. The van der Waals surface area contributed by atoms with Crippen LogP contribution in [0.3, 0.4) is 0 Å². The lowest BCUT2D eigenvalue weighted by Crippen LogP contribution is -2.45. The molecule has 0 unspecified atom stereocenters. The Labute approximate surface area is 158 Å². The second-order valence-electron chi connectivity index (χ2n) is 6.53. The summed E-state index contributed by atoms with van der Waals surface area (Å²) in [6.45, 7) is -0.0931. The normalized spacial score (nSPS) is 15.6. The van der Waals surface area contributed by atoms with Gasteiger partial charge in [0.2, 0.25) is 0 Å². The SMILES string of the molecule is NCCN1C(=O)c2ccc3c4c(ccc(c24)C1=O)C(=O)N(CCC(=O)O)C3=O. The van der Waals surface area contributed by atoms with Gasteiger partial charge >= 0.3 is 5.97 Å². The number of nitrogens with two attached hydrogens (primary N) is 1. The Morgan fingerprint density at radius 1 is 0.750 bits per heavy atom. The van der Waals surface area contributed by atoms with E-state index < -0.39 is 29.6 Å². The number of carbonyl (C=O) groups excluding carboxylic acids is 4. The number of carbonyl (C=O) groups is 5. The molecule has 2 heterocycles. The summed E-state index contributed by atoms with van der Waals surface area (Å²) in [6, 6.07) is 5.77. The fraction of sp³-hybridized carbons (Fsp3) is 0.211. The largest absolute Gasteiger partial charge is 0.481 e. The minimum absolute atomic E-state index is 0.0585. The van der Waals surface area contributed by atoms with Gasteiger partial charge in [0, 0.05) is 52.7 Å². The minimum atomic E-state index is -1.13. The van der Waals surface area contributed by atoms with Crippen LogP contribution >= 0.6 is 0 Å². The topological polar surface area (TPSA) is 138 Å². The smallest absolute Gasteiger partial charge is 0.305 e. The van der Waals surface area contributed by atoms with Gasteiger partial charge in [-0.3, -0.25) is 33.8 Å². The first-order chi connectivity index (χ1) is 13.4. The third-order valence-corrected chi connectivity index (χ3v) is 4.96. The first kappa shape index (κ1) is 17.8. The van der Waals surface area contributed by atoms with Crippen molar-refractivity contribution in [1.82, 2.24) is 9.80 Å². The molecule has 0 radical (unpaired) electrons. The second-order valence-corrected chi connectivity index (χ2v) is 6.53. The van der Waals surface area contributed by atoms with Crippen molar-refractivity contribution in [2.45, 2.75) is 6.42 Å². The van der Waals surface area contributed by atoms with Crippen LogP contribution in [0.5, 0.6) is 0 Å². The third-order valence-electron chi connectivity index (χ3n) is 4.96. The van der Waals surface area contributed by atoms with E-state index in [9.17, 15) is 24.0 Å². The summed E-state index contributed by atoms with van der Waals surface area (Å²) in [7, 11) is 0. The number of rotatable bonds is 5. The van der Waals surface area contributed by atoms with E-state index in [1.165, 1.54) is 24.3 Å². The first-order valence-electron chi connectivity index (χ1n) is 8.60. The van der Waals surface area contributed by atoms with Crippen LogP contribution in [0.4, 0.5) is 0 Å². The number of aliphatic carboxylic acids is 1. The molecule has 0 spiro atoms. The van der Waals surface area contributed by atoms with Crippen LogP contribution < -0.4 is 5.73 Å². The van der Waals surface area contributed by atoms with Gasteiger partial charge in [0.15, 0.2) is 0 Å². The number of hydrogen-bond donors (Lipinski definition) is 2. The van der Waals surface area contributed by atoms with Gasteiger partial charge in [-0.2, -0.15) is 0 Å². The van der Waals surface area contributed by atoms with Crippen molar-refractivity contribution >= 4 is 40.4 Å². The Bertz CT molecular complexity index is 1040. The summed E-state index contributed by atoms with van der Waals surface area (Å²) < 4.78 is 0. The summed E-state index contributed by atoms with van der Waals surface area (Å²) >= 11 is 0. The van der Waals surface area contributed by atoms with Crippen LogP contribution in [0.15, 0.2) is 24.3 Å². The average Bonchev–Trinajstić information content (AvgIpc) is 2.67. The van der Waals surface area contributed by atoms with Gasteiger partial charge in [-0.15, -0.1) is 0 Å². The maximum absolute atomic E-state index is 12.8. The molecule has 2 aromatic carbocycles. The van der Waals surface area contributed by atoms with Crippen molar-refractivity contribution in [3.05, 3.63) is 46.5 Å². The van der Waals surface area contributed by atoms with Gasteiger partial charge in [-0.05, 0) is 24.3 Å². The van der Waals surface area contributed by atoms with Crippen LogP contribution in [0.2, 0.25) is 0 Å². The van der Waals surface area contributed by atoms with Crippen molar-refractivity contribution in [1.29, 1.82) is 0 Å². The van der Waals surface area contributed by atoms with E-state index in [1.807, 2.05) is 0 Å². The van der Waals surface area contributed by atoms with Crippen molar-refractivity contribution in [3.63, 3.8) is 0 Å². The molecule has 2 aliphatic rings. The zero-order valence-electron chi connectivity index (χ0n) is 14.6. The highest BCUT2D eigenvalue weighted by molar-refractivity contribution is 6.33. The van der Waals surface area contributed by atoms with Crippen LogP contribution in [0.1, 0.15) is 47.9 Å². The van der Waals surface area contributed by atoms with E-state index in [4.69, 9.17) is 10.8 Å². The van der Waals surface area contributed by atoms with E-state index in [1.54, 1.807) is 0 Å². The molecule has 9 nitrogen and oxygen atoms in total. The number of hydrogen-bond acceptors (Lipinski definition) is 6. The van der Waals surface area contributed by atoms with Crippen molar-refractivity contribution in [2.24, 2.45) is 5.73 Å². The van der Waals surface area contributed by atoms with E-state index in [2.05, 4.69) is 0 Å². The zero-order chi connectivity index (χ0) is 20.2. The van der Waals surface area contributed by atoms with Gasteiger partial charge in [0.1, 0.15) is 0 Å². The summed E-state index contributed by atoms with van der Waals surface area (Å²) in [5, 5.41) is 9.40. The zero-order valence-corrected chi connectivity index (χ0v) is 14.6.